The molecule has 1 aromatic heterocycles. The van der Waals surface area contributed by atoms with Crippen LogP contribution >= 0.6 is 11.7 Å². The molecule has 144 valence electrons. The topological polar surface area (TPSA) is 121 Å². The van der Waals surface area contributed by atoms with Crippen LogP contribution < -0.4 is 10.6 Å². The lowest BCUT2D eigenvalue weighted by Crippen LogP contribution is -2.49. The summed E-state index contributed by atoms with van der Waals surface area (Å²) in [6, 6.07) is -0.588. The van der Waals surface area contributed by atoms with Gasteiger partial charge in [0.15, 0.2) is 5.69 Å². The van der Waals surface area contributed by atoms with Crippen LogP contribution in [0.2, 0.25) is 0 Å². The zero-order valence-corrected chi connectivity index (χ0v) is 15.4. The van der Waals surface area contributed by atoms with Gasteiger partial charge in [0.05, 0.1) is 56.4 Å². The van der Waals surface area contributed by atoms with Crippen molar-refractivity contribution in [1.82, 2.24) is 19.4 Å². The van der Waals surface area contributed by atoms with Crippen molar-refractivity contribution in [1.29, 1.82) is 0 Å². The molecule has 5 atom stereocenters. The molecule has 0 spiro atoms. The Morgan fingerprint density at radius 1 is 1.27 bits per heavy atom. The first kappa shape index (κ1) is 19.1. The quantitative estimate of drug-likeness (QED) is 0.544. The van der Waals surface area contributed by atoms with Gasteiger partial charge in [-0.25, -0.2) is 0 Å². The van der Waals surface area contributed by atoms with Crippen molar-refractivity contribution in [3.8, 4) is 0 Å². The first-order valence-electron chi connectivity index (χ1n) is 8.32. The van der Waals surface area contributed by atoms with Crippen molar-refractivity contribution < 1.29 is 28.5 Å². The number of carbonyl (C=O) groups is 2. The molecule has 0 radical (unpaired) electrons. The van der Waals surface area contributed by atoms with E-state index in [2.05, 4.69) is 19.4 Å². The van der Waals surface area contributed by atoms with Crippen LogP contribution in [0.25, 0.3) is 0 Å². The summed E-state index contributed by atoms with van der Waals surface area (Å²) >= 11 is 0.972. The molecule has 2 fully saturated rings. The van der Waals surface area contributed by atoms with Gasteiger partial charge in [0.25, 0.3) is 5.91 Å². The van der Waals surface area contributed by atoms with Gasteiger partial charge in [-0.05, 0) is 6.92 Å². The molecule has 26 heavy (non-hydrogen) atoms. The van der Waals surface area contributed by atoms with Gasteiger partial charge in [-0.2, -0.15) is 8.75 Å². The predicted octanol–water partition coefficient (Wildman–Crippen LogP) is -1.03. The lowest BCUT2D eigenvalue weighted by atomic mass is 10.1. The van der Waals surface area contributed by atoms with Crippen LogP contribution in [-0.2, 0) is 23.7 Å². The van der Waals surface area contributed by atoms with Crippen LogP contribution in [-0.4, -0.2) is 84.5 Å². The first-order chi connectivity index (χ1) is 12.6. The summed E-state index contributed by atoms with van der Waals surface area (Å²) in [5, 5.41) is 5.74. The monoisotopic (exact) mass is 386 g/mol. The zero-order valence-electron chi connectivity index (χ0n) is 14.5. The van der Waals surface area contributed by atoms with Gasteiger partial charge in [-0.3, -0.25) is 9.59 Å². The number of ether oxygens (including phenoxy) is 4. The lowest BCUT2D eigenvalue weighted by molar-refractivity contribution is -0.133. The molecular formula is C15H22N4O6S. The Balaban J connectivity index is 1.48. The summed E-state index contributed by atoms with van der Waals surface area (Å²) in [5.74, 6) is -0.552. The molecule has 10 nitrogen and oxygen atoms in total. The van der Waals surface area contributed by atoms with E-state index in [-0.39, 0.29) is 41.8 Å². The molecule has 0 aliphatic carbocycles. The minimum Gasteiger partial charge on any atom is -0.382 e. The molecule has 2 N–H and O–H groups in total. The van der Waals surface area contributed by atoms with Crippen molar-refractivity contribution in [3.05, 3.63) is 11.9 Å². The number of aromatic nitrogens is 2. The second kappa shape index (κ2) is 8.82. The highest BCUT2D eigenvalue weighted by Gasteiger charge is 2.49. The van der Waals surface area contributed by atoms with Gasteiger partial charge in [0, 0.05) is 7.11 Å². The number of hydrogen-bond acceptors (Lipinski definition) is 9. The summed E-state index contributed by atoms with van der Waals surface area (Å²) < 4.78 is 29.5. The van der Waals surface area contributed by atoms with Crippen LogP contribution in [0.5, 0.6) is 0 Å². The Labute approximate surface area is 154 Å². The summed E-state index contributed by atoms with van der Waals surface area (Å²) in [6.07, 6.45) is 0.180. The lowest BCUT2D eigenvalue weighted by Gasteiger charge is -2.20. The summed E-state index contributed by atoms with van der Waals surface area (Å²) in [4.78, 5) is 24.3. The normalized spacial score (nSPS) is 28.5. The van der Waals surface area contributed by atoms with Crippen LogP contribution in [0.1, 0.15) is 17.4 Å². The molecular weight excluding hydrogens is 364 g/mol. The molecule has 0 saturated carbocycles. The van der Waals surface area contributed by atoms with Crippen LogP contribution in [0.15, 0.2) is 6.20 Å². The average Bonchev–Trinajstić information content (AvgIpc) is 3.35. The van der Waals surface area contributed by atoms with E-state index < -0.39 is 6.10 Å². The number of nitrogens with zero attached hydrogens (tertiary/aromatic N) is 2. The fourth-order valence-electron chi connectivity index (χ4n) is 2.94. The van der Waals surface area contributed by atoms with Gasteiger partial charge >= 0.3 is 0 Å². The van der Waals surface area contributed by atoms with E-state index in [1.54, 1.807) is 14.0 Å². The number of amides is 2. The highest BCUT2D eigenvalue weighted by Crippen LogP contribution is 2.27. The smallest absolute Gasteiger partial charge is 0.273 e. The highest BCUT2D eigenvalue weighted by atomic mass is 32.1. The van der Waals surface area contributed by atoms with Crippen molar-refractivity contribution in [2.45, 2.75) is 37.3 Å². The van der Waals surface area contributed by atoms with Crippen molar-refractivity contribution in [2.24, 2.45) is 0 Å². The maximum atomic E-state index is 12.2. The Hall–Kier alpha value is -1.66. The molecule has 2 saturated heterocycles. The molecule has 11 heteroatoms. The third kappa shape index (κ3) is 4.35. The number of rotatable bonds is 8. The Morgan fingerprint density at radius 3 is 2.58 bits per heavy atom. The molecule has 2 aliphatic rings. The first-order valence-corrected chi connectivity index (χ1v) is 9.05. The number of hydrogen-bond donors (Lipinski definition) is 2. The molecule has 2 aliphatic heterocycles. The third-order valence-corrected chi connectivity index (χ3v) is 4.79. The van der Waals surface area contributed by atoms with Crippen LogP contribution in [0.4, 0.5) is 0 Å². The van der Waals surface area contributed by atoms with Crippen LogP contribution in [0.3, 0.4) is 0 Å². The number of nitrogens with one attached hydrogen (secondary N) is 2. The highest BCUT2D eigenvalue weighted by molar-refractivity contribution is 6.99. The van der Waals surface area contributed by atoms with Crippen LogP contribution in [0, 0.1) is 0 Å². The molecule has 0 aromatic carbocycles. The minimum atomic E-state index is -0.599. The van der Waals surface area contributed by atoms with E-state index in [0.29, 0.717) is 26.4 Å². The molecule has 3 rings (SSSR count). The van der Waals surface area contributed by atoms with Gasteiger partial charge in [0.2, 0.25) is 5.91 Å². The van der Waals surface area contributed by atoms with Gasteiger partial charge in [0.1, 0.15) is 18.3 Å². The van der Waals surface area contributed by atoms with Crippen molar-refractivity contribution in [2.75, 3.05) is 33.5 Å². The Kier molecular flexibility index (Phi) is 6.48. The maximum absolute atomic E-state index is 12.2. The SMILES string of the molecule is COCCOC(C)C(=O)N[C@H]1CO[C@H]2[C@@H]1OC[C@@H]2NC(=O)c1cnsn1. The van der Waals surface area contributed by atoms with E-state index in [1.807, 2.05) is 0 Å². The minimum absolute atomic E-state index is 0.236. The summed E-state index contributed by atoms with van der Waals surface area (Å²) in [5.41, 5.74) is 0.267. The maximum Gasteiger partial charge on any atom is 0.273 e. The standard InChI is InChI=1S/C15H22N4O6S/c1-8(23-4-3-22-2)14(20)17-10-6-24-13-11(7-25-12(10)13)18-15(21)9-5-16-26-19-9/h5,8,10-13H,3-4,6-7H2,1-2H3,(H,17,20)(H,18,21)/t8?,10-,11-,12+,13+/m0/s1. The average molecular weight is 386 g/mol. The predicted molar refractivity (Wildman–Crippen MR) is 89.9 cm³/mol. The van der Waals surface area contributed by atoms with Crippen molar-refractivity contribution in [3.63, 3.8) is 0 Å². The largest absolute Gasteiger partial charge is 0.382 e. The number of fused-ring (bicyclic) bond motifs is 1. The molecule has 1 unspecified atom stereocenters. The van der Waals surface area contributed by atoms with Gasteiger partial charge < -0.3 is 29.6 Å². The second-order valence-electron chi connectivity index (χ2n) is 6.09. The van der Waals surface area contributed by atoms with E-state index in [4.69, 9.17) is 18.9 Å². The number of carbonyl (C=O) groups excluding carboxylic acids is 2. The van der Waals surface area contributed by atoms with E-state index in [9.17, 15) is 9.59 Å². The molecule has 1 aromatic rings. The Morgan fingerprint density at radius 2 is 1.96 bits per heavy atom. The fourth-order valence-corrected chi connectivity index (χ4v) is 3.35. The second-order valence-corrected chi connectivity index (χ2v) is 6.65. The number of methoxy groups -OCH3 is 1. The fraction of sp³-hybridized carbons (Fsp3) is 0.733. The zero-order chi connectivity index (χ0) is 18.5. The van der Waals surface area contributed by atoms with E-state index >= 15 is 0 Å². The van der Waals surface area contributed by atoms with Gasteiger partial charge in [-0.15, -0.1) is 0 Å². The van der Waals surface area contributed by atoms with E-state index in [1.165, 1.54) is 6.20 Å². The molecule has 3 heterocycles. The third-order valence-electron chi connectivity index (χ3n) is 4.32. The molecule has 2 amide bonds. The van der Waals surface area contributed by atoms with Crippen molar-refractivity contribution >= 4 is 23.5 Å². The summed E-state index contributed by atoms with van der Waals surface area (Å²) in [7, 11) is 1.57. The van der Waals surface area contributed by atoms with E-state index in [0.717, 1.165) is 11.7 Å². The summed E-state index contributed by atoms with van der Waals surface area (Å²) in [6.45, 7) is 3.07. The molecule has 0 bridgehead atoms. The van der Waals surface area contributed by atoms with Gasteiger partial charge in [-0.1, -0.05) is 0 Å². The Bertz CT molecular complexity index is 615.